The Kier molecular flexibility index (Phi) is 6.80. The van der Waals surface area contributed by atoms with Crippen LogP contribution in [0.4, 0.5) is 16.2 Å². The second-order valence-corrected chi connectivity index (χ2v) is 6.52. The van der Waals surface area contributed by atoms with Crippen LogP contribution in [0.25, 0.3) is 11.0 Å². The Labute approximate surface area is 160 Å². The number of ether oxygens (including phenoxy) is 1. The number of nitrogens with zero attached hydrogens (tertiary/aromatic N) is 3. The van der Waals surface area contributed by atoms with Gasteiger partial charge in [0, 0.05) is 18.2 Å². The quantitative estimate of drug-likeness (QED) is 0.434. The van der Waals surface area contributed by atoms with E-state index in [1.54, 1.807) is 0 Å². The van der Waals surface area contributed by atoms with Crippen molar-refractivity contribution in [2.75, 3.05) is 17.7 Å². The van der Waals surface area contributed by atoms with Crippen molar-refractivity contribution < 1.29 is 23.8 Å². The van der Waals surface area contributed by atoms with Gasteiger partial charge in [-0.1, -0.05) is 19.8 Å². The van der Waals surface area contributed by atoms with E-state index in [9.17, 15) is 14.0 Å². The first-order valence-corrected chi connectivity index (χ1v) is 8.67. The number of nitrogens with one attached hydrogen (secondary N) is 1. The van der Waals surface area contributed by atoms with E-state index in [-0.39, 0.29) is 18.1 Å². The summed E-state index contributed by atoms with van der Waals surface area (Å²) >= 11 is 0. The number of pyridine rings is 1. The van der Waals surface area contributed by atoms with Gasteiger partial charge >= 0.3 is 11.9 Å². The van der Waals surface area contributed by atoms with Crippen molar-refractivity contribution >= 4 is 34.7 Å². The first-order chi connectivity index (χ1) is 13.2. The summed E-state index contributed by atoms with van der Waals surface area (Å²) in [6.45, 7) is 3.79. The molecule has 0 aliphatic heterocycles. The van der Waals surface area contributed by atoms with Crippen LogP contribution < -0.4 is 11.1 Å². The van der Waals surface area contributed by atoms with Gasteiger partial charge in [-0.15, -0.1) is 0 Å². The summed E-state index contributed by atoms with van der Waals surface area (Å²) < 4.78 is 18.6. The molecule has 2 rings (SSSR count). The van der Waals surface area contributed by atoms with Crippen LogP contribution in [0.2, 0.25) is 0 Å². The minimum atomic E-state index is -1.25. The maximum Gasteiger partial charge on any atom is 0.331 e. The molecule has 0 saturated carbocycles. The third-order valence-electron chi connectivity index (χ3n) is 3.92. The molecule has 2 aromatic heterocycles. The average Bonchev–Trinajstić information content (AvgIpc) is 2.62. The smallest absolute Gasteiger partial charge is 0.331 e. The Bertz CT molecular complexity index is 900. The van der Waals surface area contributed by atoms with Crippen molar-refractivity contribution in [1.82, 2.24) is 15.0 Å². The number of unbranched alkanes of at least 4 members (excludes halogenated alkanes) is 1. The molecule has 4 N–H and O–H groups in total. The summed E-state index contributed by atoms with van der Waals surface area (Å²) in [5.74, 6) is -2.34. The number of halogens is 1. The number of aliphatic carboxylic acids is 1. The van der Waals surface area contributed by atoms with Crippen molar-refractivity contribution in [3.05, 3.63) is 30.2 Å². The van der Waals surface area contributed by atoms with E-state index in [0.717, 1.165) is 25.1 Å². The van der Waals surface area contributed by atoms with Crippen LogP contribution in [-0.2, 0) is 14.3 Å². The zero-order valence-electron chi connectivity index (χ0n) is 15.6. The Morgan fingerprint density at radius 3 is 2.82 bits per heavy atom. The Balaban J connectivity index is 2.27. The molecule has 0 aromatic carbocycles. The maximum atomic E-state index is 13.5. The Morgan fingerprint density at radius 1 is 1.39 bits per heavy atom. The van der Waals surface area contributed by atoms with E-state index < -0.39 is 23.3 Å². The maximum absolute atomic E-state index is 13.5. The zero-order valence-corrected chi connectivity index (χ0v) is 15.6. The molecule has 2 heterocycles. The van der Waals surface area contributed by atoms with Gasteiger partial charge in [-0.2, -0.15) is 4.98 Å². The molecular weight excluding hydrogens is 369 g/mol. The number of anilines is 2. The lowest BCUT2D eigenvalue weighted by Crippen LogP contribution is -2.41. The second-order valence-electron chi connectivity index (χ2n) is 6.52. The van der Waals surface area contributed by atoms with Gasteiger partial charge in [0.2, 0.25) is 5.95 Å². The predicted octanol–water partition coefficient (Wildman–Crippen LogP) is 2.29. The number of esters is 1. The lowest BCUT2D eigenvalue weighted by molar-refractivity contribution is -0.140. The lowest BCUT2D eigenvalue weighted by Gasteiger charge is -2.31. The number of hydrogen-bond acceptors (Lipinski definition) is 8. The minimum Gasteiger partial charge on any atom is -0.478 e. The number of carboxylic acid groups (broad SMARTS) is 1. The fourth-order valence-corrected chi connectivity index (χ4v) is 2.54. The molecule has 1 atom stereocenters. The molecule has 0 bridgehead atoms. The van der Waals surface area contributed by atoms with E-state index in [2.05, 4.69) is 20.3 Å². The molecule has 0 saturated heterocycles. The highest BCUT2D eigenvalue weighted by atomic mass is 19.1. The standard InChI is InChI=1S/C18H22FN5O4/c1-3-4-7-18(2,10-28-14(27)6-5-13(25)26)24-16-15-12(22-17(20)23-16)8-11(19)9-21-15/h5-6,8-9H,3-4,7,10H2,1-2H3,(H,25,26)(H3,20,22,23,24)/b6-5-/t18-/m1/s1. The van der Waals surface area contributed by atoms with Crippen LogP contribution in [0.5, 0.6) is 0 Å². The normalized spacial score (nSPS) is 13.4. The molecule has 0 unspecified atom stereocenters. The highest BCUT2D eigenvalue weighted by Gasteiger charge is 2.27. The van der Waals surface area contributed by atoms with Crippen molar-refractivity contribution in [2.24, 2.45) is 0 Å². The highest BCUT2D eigenvalue weighted by Crippen LogP contribution is 2.26. The number of rotatable bonds is 9. The monoisotopic (exact) mass is 391 g/mol. The highest BCUT2D eigenvalue weighted by molar-refractivity contribution is 5.90. The van der Waals surface area contributed by atoms with E-state index in [1.165, 1.54) is 6.07 Å². The number of carbonyl (C=O) groups excluding carboxylic acids is 1. The molecule has 0 aliphatic carbocycles. The van der Waals surface area contributed by atoms with Crippen molar-refractivity contribution in [1.29, 1.82) is 0 Å². The third kappa shape index (κ3) is 5.86. The van der Waals surface area contributed by atoms with E-state index in [4.69, 9.17) is 15.6 Å². The lowest BCUT2D eigenvalue weighted by atomic mass is 9.95. The summed E-state index contributed by atoms with van der Waals surface area (Å²) in [6.07, 6.45) is 4.94. The van der Waals surface area contributed by atoms with Gasteiger partial charge in [0.25, 0.3) is 0 Å². The number of aromatic nitrogens is 3. The van der Waals surface area contributed by atoms with Crippen LogP contribution >= 0.6 is 0 Å². The van der Waals surface area contributed by atoms with Crippen molar-refractivity contribution in [2.45, 2.75) is 38.6 Å². The Morgan fingerprint density at radius 2 is 2.14 bits per heavy atom. The topological polar surface area (TPSA) is 140 Å². The van der Waals surface area contributed by atoms with Crippen molar-refractivity contribution in [3.63, 3.8) is 0 Å². The molecule has 28 heavy (non-hydrogen) atoms. The average molecular weight is 391 g/mol. The molecule has 0 radical (unpaired) electrons. The minimum absolute atomic E-state index is 0.0532. The summed E-state index contributed by atoms with van der Waals surface area (Å²) in [5.41, 5.74) is 5.55. The molecular formula is C18H22FN5O4. The fourth-order valence-electron chi connectivity index (χ4n) is 2.54. The van der Waals surface area contributed by atoms with Gasteiger partial charge in [0.05, 0.1) is 17.3 Å². The number of carbonyl (C=O) groups is 2. The van der Waals surface area contributed by atoms with Gasteiger partial charge in [-0.3, -0.25) is 0 Å². The van der Waals surface area contributed by atoms with Gasteiger partial charge in [-0.05, 0) is 13.3 Å². The van der Waals surface area contributed by atoms with Gasteiger partial charge < -0.3 is 20.9 Å². The largest absolute Gasteiger partial charge is 0.478 e. The number of hydrogen-bond donors (Lipinski definition) is 3. The molecule has 150 valence electrons. The number of nitrogen functional groups attached to an aromatic ring is 1. The van der Waals surface area contributed by atoms with E-state index in [1.807, 2.05) is 13.8 Å². The zero-order chi connectivity index (χ0) is 20.7. The summed E-state index contributed by atoms with van der Waals surface area (Å²) in [4.78, 5) is 34.4. The summed E-state index contributed by atoms with van der Waals surface area (Å²) in [5, 5.41) is 11.8. The van der Waals surface area contributed by atoms with Gasteiger partial charge in [-0.25, -0.2) is 23.9 Å². The Hall–Kier alpha value is -3.30. The SMILES string of the molecule is CCCC[C@](C)(COC(=O)/C=C\C(=O)O)Nc1nc(N)nc2cc(F)cnc12. The molecule has 2 aromatic rings. The molecule has 9 nitrogen and oxygen atoms in total. The van der Waals surface area contributed by atoms with Crippen LogP contribution in [0, 0.1) is 5.82 Å². The third-order valence-corrected chi connectivity index (χ3v) is 3.92. The first-order valence-electron chi connectivity index (χ1n) is 8.67. The number of fused-ring (bicyclic) bond motifs is 1. The molecule has 0 amide bonds. The second kappa shape index (κ2) is 9.07. The van der Waals surface area contributed by atoms with Crippen LogP contribution in [0.3, 0.4) is 0 Å². The van der Waals surface area contributed by atoms with E-state index >= 15 is 0 Å². The number of nitrogens with two attached hydrogens (primary N) is 1. The van der Waals surface area contributed by atoms with Gasteiger partial charge in [0.1, 0.15) is 17.9 Å². The van der Waals surface area contributed by atoms with Crippen LogP contribution in [0.15, 0.2) is 24.4 Å². The van der Waals surface area contributed by atoms with Crippen LogP contribution in [0.1, 0.15) is 33.1 Å². The molecule has 0 aliphatic rings. The molecule has 0 fully saturated rings. The first kappa shape index (κ1) is 21.0. The van der Waals surface area contributed by atoms with E-state index in [0.29, 0.717) is 23.8 Å². The number of carboxylic acids is 1. The summed E-state index contributed by atoms with van der Waals surface area (Å²) in [7, 11) is 0. The van der Waals surface area contributed by atoms with Gasteiger partial charge in [0.15, 0.2) is 5.82 Å². The summed E-state index contributed by atoms with van der Waals surface area (Å²) in [6, 6.07) is 1.20. The fraction of sp³-hybridized carbons (Fsp3) is 0.389. The predicted molar refractivity (Wildman–Crippen MR) is 101 cm³/mol. The van der Waals surface area contributed by atoms with Crippen LogP contribution in [-0.4, -0.2) is 44.1 Å². The molecule has 0 spiro atoms. The molecule has 10 heteroatoms. The van der Waals surface area contributed by atoms with Crippen molar-refractivity contribution in [3.8, 4) is 0 Å².